The summed E-state index contributed by atoms with van der Waals surface area (Å²) in [6.07, 6.45) is 0.563. The highest BCUT2D eigenvalue weighted by Crippen LogP contribution is 2.26. The van der Waals surface area contributed by atoms with Crippen molar-refractivity contribution in [1.29, 1.82) is 0 Å². The van der Waals surface area contributed by atoms with Gasteiger partial charge in [0.25, 0.3) is 0 Å². The molecule has 1 fully saturated rings. The highest BCUT2D eigenvalue weighted by molar-refractivity contribution is 7.17. The summed E-state index contributed by atoms with van der Waals surface area (Å²) in [6, 6.07) is 8.31. The Balaban J connectivity index is 1.65. The van der Waals surface area contributed by atoms with Gasteiger partial charge in [-0.2, -0.15) is 0 Å². The van der Waals surface area contributed by atoms with Crippen molar-refractivity contribution in [3.05, 3.63) is 35.2 Å². The van der Waals surface area contributed by atoms with Crippen molar-refractivity contribution < 1.29 is 4.79 Å². The molecule has 1 saturated heterocycles. The van der Waals surface area contributed by atoms with Crippen molar-refractivity contribution in [2.45, 2.75) is 6.42 Å². The number of hydrogen-bond acceptors (Lipinski definition) is 4. The molecule has 100 valence electrons. The second-order valence-electron chi connectivity index (χ2n) is 5.00. The summed E-state index contributed by atoms with van der Waals surface area (Å²) in [5, 5.41) is 6.67. The van der Waals surface area contributed by atoms with Crippen LogP contribution in [0.4, 0.5) is 0 Å². The van der Waals surface area contributed by atoms with Gasteiger partial charge in [0.15, 0.2) is 5.78 Å². The van der Waals surface area contributed by atoms with Crippen molar-refractivity contribution in [3.8, 4) is 0 Å². The van der Waals surface area contributed by atoms with Gasteiger partial charge in [-0.3, -0.25) is 9.69 Å². The van der Waals surface area contributed by atoms with Gasteiger partial charge in [-0.15, -0.1) is 11.3 Å². The van der Waals surface area contributed by atoms with E-state index in [1.807, 2.05) is 12.1 Å². The van der Waals surface area contributed by atoms with E-state index in [0.29, 0.717) is 18.7 Å². The van der Waals surface area contributed by atoms with E-state index in [1.54, 1.807) is 11.3 Å². The molecule has 1 aromatic heterocycles. The van der Waals surface area contributed by atoms with Crippen LogP contribution in [0.5, 0.6) is 0 Å². The van der Waals surface area contributed by atoms with Gasteiger partial charge in [0, 0.05) is 37.3 Å². The van der Waals surface area contributed by atoms with Gasteiger partial charge in [-0.1, -0.05) is 18.2 Å². The van der Waals surface area contributed by atoms with E-state index in [-0.39, 0.29) is 0 Å². The highest BCUT2D eigenvalue weighted by Gasteiger charge is 2.15. The third-order valence-electron chi connectivity index (χ3n) is 3.56. The van der Waals surface area contributed by atoms with Crippen LogP contribution in [-0.2, 0) is 11.2 Å². The topological polar surface area (TPSA) is 32.3 Å². The Bertz CT molecular complexity index is 572. The average molecular weight is 274 g/mol. The molecule has 0 saturated carbocycles. The third kappa shape index (κ3) is 3.03. The number of fused-ring (bicyclic) bond motifs is 1. The van der Waals surface area contributed by atoms with Gasteiger partial charge < -0.3 is 5.32 Å². The zero-order valence-corrected chi connectivity index (χ0v) is 11.7. The summed E-state index contributed by atoms with van der Waals surface area (Å²) in [4.78, 5) is 14.4. The molecule has 0 atom stereocenters. The Morgan fingerprint density at radius 3 is 2.89 bits per heavy atom. The summed E-state index contributed by atoms with van der Waals surface area (Å²) in [5.74, 6) is 0.324. The standard InChI is InChI=1S/C15H18N2OS/c18-13(10-17-7-5-16-6-8-17)9-12-11-19-15-4-2-1-3-14(12)15/h1-4,11,16H,5-10H2. The van der Waals surface area contributed by atoms with Crippen molar-refractivity contribution in [1.82, 2.24) is 10.2 Å². The SMILES string of the molecule is O=C(Cc1csc2ccccc12)CN1CCNCC1. The number of Topliss-reactive ketones (excluding diaryl/α,β-unsaturated/α-hetero) is 1. The lowest BCUT2D eigenvalue weighted by Gasteiger charge is -2.26. The van der Waals surface area contributed by atoms with E-state index >= 15 is 0 Å². The molecule has 2 aromatic rings. The van der Waals surface area contributed by atoms with Crippen molar-refractivity contribution in [2.24, 2.45) is 0 Å². The average Bonchev–Trinajstić information content (AvgIpc) is 2.83. The number of hydrogen-bond donors (Lipinski definition) is 1. The number of thiophene rings is 1. The first-order chi connectivity index (χ1) is 9.33. The second kappa shape index (κ2) is 5.82. The number of ketones is 1. The van der Waals surface area contributed by atoms with Crippen LogP contribution in [0, 0.1) is 0 Å². The van der Waals surface area contributed by atoms with Crippen LogP contribution in [0.3, 0.4) is 0 Å². The molecule has 3 nitrogen and oxygen atoms in total. The smallest absolute Gasteiger partial charge is 0.151 e. The third-order valence-corrected chi connectivity index (χ3v) is 4.57. The first kappa shape index (κ1) is 12.8. The van der Waals surface area contributed by atoms with Crippen LogP contribution in [0.1, 0.15) is 5.56 Å². The van der Waals surface area contributed by atoms with Crippen molar-refractivity contribution in [3.63, 3.8) is 0 Å². The summed E-state index contributed by atoms with van der Waals surface area (Å²) < 4.78 is 1.27. The molecule has 0 aliphatic carbocycles. The zero-order chi connectivity index (χ0) is 13.1. The number of nitrogens with one attached hydrogen (secondary N) is 1. The normalized spacial score (nSPS) is 16.8. The molecule has 19 heavy (non-hydrogen) atoms. The number of carbonyl (C=O) groups is 1. The minimum Gasteiger partial charge on any atom is -0.314 e. The molecule has 1 aliphatic heterocycles. The van der Waals surface area contributed by atoms with Gasteiger partial charge in [0.1, 0.15) is 0 Å². The molecule has 1 aliphatic rings. The zero-order valence-electron chi connectivity index (χ0n) is 10.9. The molecular formula is C15H18N2OS. The Kier molecular flexibility index (Phi) is 3.92. The molecule has 3 rings (SSSR count). The maximum absolute atomic E-state index is 12.2. The molecule has 2 heterocycles. The molecule has 1 N–H and O–H groups in total. The highest BCUT2D eigenvalue weighted by atomic mass is 32.1. The minimum atomic E-state index is 0.324. The van der Waals surface area contributed by atoms with Crippen molar-refractivity contribution >= 4 is 27.2 Å². The van der Waals surface area contributed by atoms with E-state index in [1.165, 1.54) is 15.6 Å². The number of rotatable bonds is 4. The van der Waals surface area contributed by atoms with Crippen LogP contribution < -0.4 is 5.32 Å². The molecule has 0 bridgehead atoms. The Morgan fingerprint density at radius 2 is 2.05 bits per heavy atom. The fraction of sp³-hybridized carbons (Fsp3) is 0.400. The van der Waals surface area contributed by atoms with Crippen LogP contribution >= 0.6 is 11.3 Å². The number of nitrogens with zero attached hydrogens (tertiary/aromatic N) is 1. The Hall–Kier alpha value is -1.23. The van der Waals surface area contributed by atoms with Crippen LogP contribution in [0.25, 0.3) is 10.1 Å². The van der Waals surface area contributed by atoms with Crippen LogP contribution in [0.2, 0.25) is 0 Å². The Morgan fingerprint density at radius 1 is 1.26 bits per heavy atom. The molecule has 0 unspecified atom stereocenters. The van der Waals surface area contributed by atoms with Gasteiger partial charge >= 0.3 is 0 Å². The Labute approximate surface area is 117 Å². The largest absolute Gasteiger partial charge is 0.314 e. The molecule has 4 heteroatoms. The fourth-order valence-electron chi connectivity index (χ4n) is 2.56. The lowest BCUT2D eigenvalue weighted by Crippen LogP contribution is -2.45. The maximum Gasteiger partial charge on any atom is 0.151 e. The van der Waals surface area contributed by atoms with E-state index in [4.69, 9.17) is 0 Å². The minimum absolute atomic E-state index is 0.324. The maximum atomic E-state index is 12.2. The summed E-state index contributed by atoms with van der Waals surface area (Å²) in [5.41, 5.74) is 1.18. The first-order valence-corrected chi connectivity index (χ1v) is 7.61. The second-order valence-corrected chi connectivity index (χ2v) is 5.91. The molecule has 0 spiro atoms. The fourth-order valence-corrected chi connectivity index (χ4v) is 3.52. The summed E-state index contributed by atoms with van der Waals surface area (Å²) >= 11 is 1.73. The monoisotopic (exact) mass is 274 g/mol. The summed E-state index contributed by atoms with van der Waals surface area (Å²) in [7, 11) is 0. The molecule has 1 aromatic carbocycles. The number of carbonyl (C=O) groups excluding carboxylic acids is 1. The van der Waals surface area contributed by atoms with Gasteiger partial charge in [0.2, 0.25) is 0 Å². The molecular weight excluding hydrogens is 256 g/mol. The van der Waals surface area contributed by atoms with E-state index in [9.17, 15) is 4.79 Å². The van der Waals surface area contributed by atoms with Crippen LogP contribution in [0.15, 0.2) is 29.6 Å². The van der Waals surface area contributed by atoms with Crippen LogP contribution in [-0.4, -0.2) is 43.4 Å². The number of benzene rings is 1. The van der Waals surface area contributed by atoms with Gasteiger partial charge in [-0.05, 0) is 22.4 Å². The van der Waals surface area contributed by atoms with E-state index in [0.717, 1.165) is 26.2 Å². The first-order valence-electron chi connectivity index (χ1n) is 6.73. The lowest BCUT2D eigenvalue weighted by molar-refractivity contribution is -0.119. The predicted molar refractivity (Wildman–Crippen MR) is 79.8 cm³/mol. The summed E-state index contributed by atoms with van der Waals surface area (Å²) in [6.45, 7) is 4.54. The predicted octanol–water partition coefficient (Wildman–Crippen LogP) is 1.92. The van der Waals surface area contributed by atoms with Gasteiger partial charge in [0.05, 0.1) is 6.54 Å². The van der Waals surface area contributed by atoms with Crippen molar-refractivity contribution in [2.75, 3.05) is 32.7 Å². The van der Waals surface area contributed by atoms with E-state index in [2.05, 4.69) is 27.7 Å². The molecule has 0 radical (unpaired) electrons. The molecule has 0 amide bonds. The lowest BCUT2D eigenvalue weighted by atomic mass is 10.1. The van der Waals surface area contributed by atoms with E-state index < -0.39 is 0 Å². The number of piperazine rings is 1. The van der Waals surface area contributed by atoms with Gasteiger partial charge in [-0.25, -0.2) is 0 Å². The quantitative estimate of drug-likeness (QED) is 0.924.